The van der Waals surface area contributed by atoms with Crippen LogP contribution in [-0.4, -0.2) is 23.1 Å². The van der Waals surface area contributed by atoms with Gasteiger partial charge in [-0.15, -0.1) is 0 Å². The van der Waals surface area contributed by atoms with Gasteiger partial charge in [0.1, 0.15) is 17.6 Å². The van der Waals surface area contributed by atoms with E-state index in [9.17, 15) is 5.26 Å². The SMILES string of the molecule is N#Cc1cc(NCCN(Cc2ccccc2)c2ccccn2)c2cc(Br)ccc2n1. The van der Waals surface area contributed by atoms with Gasteiger partial charge in [-0.25, -0.2) is 9.97 Å². The summed E-state index contributed by atoms with van der Waals surface area (Å²) in [5.41, 5.74) is 3.33. The van der Waals surface area contributed by atoms with Crippen LogP contribution in [0, 0.1) is 11.3 Å². The van der Waals surface area contributed by atoms with Crippen LogP contribution in [0.15, 0.2) is 83.5 Å². The molecule has 2 heterocycles. The van der Waals surface area contributed by atoms with Crippen LogP contribution in [0.3, 0.4) is 0 Å². The van der Waals surface area contributed by atoms with Crippen molar-refractivity contribution >= 4 is 38.3 Å². The minimum atomic E-state index is 0.401. The standard InChI is InChI=1S/C24H20BrN5/c25-19-9-10-22-21(14-19)23(15-20(16-26)29-22)27-12-13-30(24-8-4-5-11-28-24)17-18-6-2-1-3-7-18/h1-11,14-15H,12-13,17H2,(H,27,29). The number of nitrogens with one attached hydrogen (secondary N) is 1. The average molecular weight is 458 g/mol. The first-order valence-corrected chi connectivity index (χ1v) is 10.5. The Bertz CT molecular complexity index is 1170. The van der Waals surface area contributed by atoms with E-state index in [1.165, 1.54) is 5.56 Å². The second-order valence-corrected chi connectivity index (χ2v) is 7.77. The molecule has 0 atom stereocenters. The molecule has 5 nitrogen and oxygen atoms in total. The number of hydrogen-bond donors (Lipinski definition) is 1. The summed E-state index contributed by atoms with van der Waals surface area (Å²) >= 11 is 3.52. The van der Waals surface area contributed by atoms with Gasteiger partial charge in [0.05, 0.1) is 5.52 Å². The highest BCUT2D eigenvalue weighted by molar-refractivity contribution is 9.10. The fourth-order valence-electron chi connectivity index (χ4n) is 3.35. The third-order valence-electron chi connectivity index (χ3n) is 4.77. The monoisotopic (exact) mass is 457 g/mol. The highest BCUT2D eigenvalue weighted by Crippen LogP contribution is 2.26. The van der Waals surface area contributed by atoms with Crippen LogP contribution < -0.4 is 10.2 Å². The minimum absolute atomic E-state index is 0.401. The number of aromatic nitrogens is 2. The van der Waals surface area contributed by atoms with E-state index >= 15 is 0 Å². The Balaban J connectivity index is 1.55. The van der Waals surface area contributed by atoms with Crippen molar-refractivity contribution in [3.63, 3.8) is 0 Å². The van der Waals surface area contributed by atoms with Crippen LogP contribution in [0.25, 0.3) is 10.9 Å². The van der Waals surface area contributed by atoms with Gasteiger partial charge < -0.3 is 10.2 Å². The van der Waals surface area contributed by atoms with Gasteiger partial charge in [0.15, 0.2) is 0 Å². The van der Waals surface area contributed by atoms with E-state index in [1.807, 2.05) is 48.7 Å². The van der Waals surface area contributed by atoms with Crippen molar-refractivity contribution in [3.05, 3.63) is 94.7 Å². The third-order valence-corrected chi connectivity index (χ3v) is 5.27. The lowest BCUT2D eigenvalue weighted by molar-refractivity contribution is 0.790. The summed E-state index contributed by atoms with van der Waals surface area (Å²) in [6, 6.07) is 26.1. The average Bonchev–Trinajstić information content (AvgIpc) is 2.79. The zero-order valence-electron chi connectivity index (χ0n) is 16.3. The molecule has 6 heteroatoms. The fourth-order valence-corrected chi connectivity index (χ4v) is 3.71. The molecule has 1 N–H and O–H groups in total. The summed E-state index contributed by atoms with van der Waals surface area (Å²) in [6.45, 7) is 2.22. The first-order valence-electron chi connectivity index (χ1n) is 9.67. The number of nitrogens with zero attached hydrogens (tertiary/aromatic N) is 4. The largest absolute Gasteiger partial charge is 0.383 e. The van der Waals surface area contributed by atoms with Gasteiger partial charge >= 0.3 is 0 Å². The molecular formula is C24H20BrN5. The number of anilines is 2. The van der Waals surface area contributed by atoms with Crippen LogP contribution in [-0.2, 0) is 6.54 Å². The Hall–Kier alpha value is -3.43. The summed E-state index contributed by atoms with van der Waals surface area (Å²) in [5.74, 6) is 0.934. The molecule has 0 aliphatic heterocycles. The van der Waals surface area contributed by atoms with Gasteiger partial charge in [-0.1, -0.05) is 52.3 Å². The Morgan fingerprint density at radius 2 is 1.83 bits per heavy atom. The van der Waals surface area contributed by atoms with Crippen molar-refractivity contribution < 1.29 is 0 Å². The normalized spacial score (nSPS) is 10.5. The predicted molar refractivity (Wildman–Crippen MR) is 124 cm³/mol. The molecule has 4 aromatic rings. The molecule has 4 rings (SSSR count). The van der Waals surface area contributed by atoms with Crippen LogP contribution in [0.5, 0.6) is 0 Å². The number of benzene rings is 2. The zero-order chi connectivity index (χ0) is 20.8. The summed E-state index contributed by atoms with van der Waals surface area (Å²) in [4.78, 5) is 11.2. The van der Waals surface area contributed by atoms with E-state index < -0.39 is 0 Å². The van der Waals surface area contributed by atoms with E-state index in [2.05, 4.69) is 66.4 Å². The second kappa shape index (κ2) is 9.38. The summed E-state index contributed by atoms with van der Waals surface area (Å²) in [5, 5.41) is 13.8. The quantitative estimate of drug-likeness (QED) is 0.403. The van der Waals surface area contributed by atoms with Gasteiger partial charge in [0, 0.05) is 41.4 Å². The van der Waals surface area contributed by atoms with Gasteiger partial charge in [0.25, 0.3) is 0 Å². The number of pyridine rings is 2. The second-order valence-electron chi connectivity index (χ2n) is 6.85. The van der Waals surface area contributed by atoms with E-state index in [-0.39, 0.29) is 0 Å². The molecule has 0 saturated heterocycles. The zero-order valence-corrected chi connectivity index (χ0v) is 17.9. The molecule has 30 heavy (non-hydrogen) atoms. The highest BCUT2D eigenvalue weighted by atomic mass is 79.9. The van der Waals surface area contributed by atoms with E-state index in [0.717, 1.165) is 40.0 Å². The van der Waals surface area contributed by atoms with E-state index in [1.54, 1.807) is 6.07 Å². The van der Waals surface area contributed by atoms with Gasteiger partial charge in [0.2, 0.25) is 0 Å². The maximum absolute atomic E-state index is 9.34. The highest BCUT2D eigenvalue weighted by Gasteiger charge is 2.10. The topological polar surface area (TPSA) is 64.8 Å². The van der Waals surface area contributed by atoms with Crippen LogP contribution >= 0.6 is 15.9 Å². The van der Waals surface area contributed by atoms with E-state index in [4.69, 9.17) is 0 Å². The first-order chi connectivity index (χ1) is 14.7. The first kappa shape index (κ1) is 19.9. The number of hydrogen-bond acceptors (Lipinski definition) is 5. The molecule has 0 unspecified atom stereocenters. The lowest BCUT2D eigenvalue weighted by Gasteiger charge is -2.24. The van der Waals surface area contributed by atoms with Crippen molar-refractivity contribution in [1.29, 1.82) is 5.26 Å². The molecule has 0 bridgehead atoms. The fraction of sp³-hybridized carbons (Fsp3) is 0.125. The number of fused-ring (bicyclic) bond motifs is 1. The Morgan fingerprint density at radius 1 is 1.00 bits per heavy atom. The Kier molecular flexibility index (Phi) is 6.21. The maximum Gasteiger partial charge on any atom is 0.143 e. The number of rotatable bonds is 7. The van der Waals surface area contributed by atoms with Gasteiger partial charge in [-0.2, -0.15) is 5.26 Å². The molecule has 0 aliphatic rings. The summed E-state index contributed by atoms with van der Waals surface area (Å²) in [6.07, 6.45) is 1.81. The van der Waals surface area contributed by atoms with Gasteiger partial charge in [-0.05, 0) is 42.0 Å². The van der Waals surface area contributed by atoms with Crippen LogP contribution in [0.2, 0.25) is 0 Å². The molecule has 0 amide bonds. The molecular weight excluding hydrogens is 438 g/mol. The lowest BCUT2D eigenvalue weighted by atomic mass is 10.1. The molecule has 0 spiro atoms. The molecule has 0 radical (unpaired) electrons. The van der Waals surface area contributed by atoms with Crippen molar-refractivity contribution in [2.45, 2.75) is 6.54 Å². The van der Waals surface area contributed by atoms with Gasteiger partial charge in [-0.3, -0.25) is 0 Å². The third kappa shape index (κ3) is 4.76. The van der Waals surface area contributed by atoms with Crippen molar-refractivity contribution in [3.8, 4) is 6.07 Å². The Morgan fingerprint density at radius 3 is 2.60 bits per heavy atom. The molecule has 2 aromatic carbocycles. The maximum atomic E-state index is 9.34. The molecule has 0 fully saturated rings. The molecule has 0 saturated carbocycles. The van der Waals surface area contributed by atoms with Crippen LogP contribution in [0.1, 0.15) is 11.3 Å². The molecule has 0 aliphatic carbocycles. The predicted octanol–water partition coefficient (Wildman–Crippen LogP) is 5.38. The Labute approximate surface area is 184 Å². The van der Waals surface area contributed by atoms with Crippen molar-refractivity contribution in [2.24, 2.45) is 0 Å². The molecule has 2 aromatic heterocycles. The number of nitriles is 1. The minimum Gasteiger partial charge on any atom is -0.383 e. The smallest absolute Gasteiger partial charge is 0.143 e. The molecule has 148 valence electrons. The summed E-state index contributed by atoms with van der Waals surface area (Å²) < 4.78 is 0.976. The van der Waals surface area contributed by atoms with Crippen molar-refractivity contribution in [2.75, 3.05) is 23.3 Å². The van der Waals surface area contributed by atoms with Crippen molar-refractivity contribution in [1.82, 2.24) is 9.97 Å². The van der Waals surface area contributed by atoms with E-state index in [0.29, 0.717) is 12.2 Å². The summed E-state index contributed by atoms with van der Waals surface area (Å²) in [7, 11) is 0. The lowest BCUT2D eigenvalue weighted by Crippen LogP contribution is -2.29. The van der Waals surface area contributed by atoms with Crippen LogP contribution in [0.4, 0.5) is 11.5 Å². The number of halogens is 1.